The van der Waals surface area contributed by atoms with Gasteiger partial charge in [-0.05, 0) is 25.1 Å². The zero-order valence-corrected chi connectivity index (χ0v) is 9.75. The Kier molecular flexibility index (Phi) is 3.68. The highest BCUT2D eigenvalue weighted by Crippen LogP contribution is 2.22. The van der Waals surface area contributed by atoms with Crippen molar-refractivity contribution in [1.29, 1.82) is 0 Å². The van der Waals surface area contributed by atoms with Crippen LogP contribution in [-0.2, 0) is 0 Å². The third-order valence-electron chi connectivity index (χ3n) is 1.70. The van der Waals surface area contributed by atoms with E-state index in [0.29, 0.717) is 11.3 Å². The van der Waals surface area contributed by atoms with Gasteiger partial charge >= 0.3 is 5.96 Å². The summed E-state index contributed by atoms with van der Waals surface area (Å²) in [5.74, 6) is 0.153. The molecule has 0 aliphatic heterocycles. The zero-order chi connectivity index (χ0) is 11.4. The number of aromatic hydroxyl groups is 1. The van der Waals surface area contributed by atoms with E-state index in [1.165, 1.54) is 0 Å². The molecule has 0 heterocycles. The van der Waals surface area contributed by atoms with E-state index in [1.54, 1.807) is 25.1 Å². The number of hydrogen-bond acceptors (Lipinski definition) is 2. The summed E-state index contributed by atoms with van der Waals surface area (Å²) in [6.07, 6.45) is 0. The van der Waals surface area contributed by atoms with Gasteiger partial charge in [-0.3, -0.25) is 11.5 Å². The van der Waals surface area contributed by atoms with Crippen molar-refractivity contribution in [3.05, 3.63) is 28.2 Å². The Hall–Kier alpha value is -1.56. The maximum absolute atomic E-state index is 9.57. The maximum atomic E-state index is 9.57. The Balaban J connectivity index is 3.10. The SMILES string of the molecule is C/C(=N\[NH+]=C(N)N)c1cc(Br)ccc1O. The fourth-order valence-corrected chi connectivity index (χ4v) is 1.37. The molecule has 0 saturated carbocycles. The third kappa shape index (κ3) is 3.25. The van der Waals surface area contributed by atoms with Gasteiger partial charge in [0.15, 0.2) is 0 Å². The van der Waals surface area contributed by atoms with Gasteiger partial charge in [0.05, 0.1) is 5.71 Å². The second kappa shape index (κ2) is 4.79. The van der Waals surface area contributed by atoms with E-state index in [2.05, 4.69) is 26.1 Å². The van der Waals surface area contributed by atoms with Crippen molar-refractivity contribution in [2.24, 2.45) is 16.6 Å². The molecule has 0 spiro atoms. The Morgan fingerprint density at radius 1 is 1.47 bits per heavy atom. The van der Waals surface area contributed by atoms with Crippen molar-refractivity contribution in [3.63, 3.8) is 0 Å². The van der Waals surface area contributed by atoms with Crippen LogP contribution in [0.1, 0.15) is 12.5 Å². The number of rotatable bonds is 2. The molecule has 0 amide bonds. The van der Waals surface area contributed by atoms with Gasteiger partial charge in [-0.15, -0.1) is 5.10 Å². The lowest BCUT2D eigenvalue weighted by Gasteiger charge is -2.02. The highest BCUT2D eigenvalue weighted by Gasteiger charge is 2.05. The Morgan fingerprint density at radius 3 is 2.73 bits per heavy atom. The number of benzene rings is 1. The molecule has 0 aliphatic carbocycles. The summed E-state index contributed by atoms with van der Waals surface area (Å²) in [6.45, 7) is 1.73. The van der Waals surface area contributed by atoms with Gasteiger partial charge < -0.3 is 5.11 Å². The predicted octanol–water partition coefficient (Wildman–Crippen LogP) is -0.767. The topological polar surface area (TPSA) is 98.6 Å². The molecular weight excluding hydrogens is 260 g/mol. The number of hydrogen-bond donors (Lipinski definition) is 4. The fraction of sp³-hybridized carbons (Fsp3) is 0.111. The van der Waals surface area contributed by atoms with Crippen LogP contribution in [0.3, 0.4) is 0 Å². The molecule has 0 atom stereocenters. The van der Waals surface area contributed by atoms with Crippen molar-refractivity contribution in [3.8, 4) is 5.75 Å². The minimum absolute atomic E-state index is 0.00355. The van der Waals surface area contributed by atoms with Crippen LogP contribution in [0, 0.1) is 0 Å². The average Bonchev–Trinajstić information content (AvgIpc) is 2.18. The van der Waals surface area contributed by atoms with Crippen LogP contribution in [0.25, 0.3) is 0 Å². The van der Waals surface area contributed by atoms with Crippen molar-refractivity contribution >= 4 is 27.6 Å². The van der Waals surface area contributed by atoms with Crippen LogP contribution in [0.5, 0.6) is 5.75 Å². The zero-order valence-electron chi connectivity index (χ0n) is 8.16. The van der Waals surface area contributed by atoms with Gasteiger partial charge in [-0.1, -0.05) is 15.9 Å². The Labute approximate surface area is 95.6 Å². The van der Waals surface area contributed by atoms with Crippen LogP contribution in [0.2, 0.25) is 0 Å². The minimum atomic E-state index is 0.00355. The summed E-state index contributed by atoms with van der Waals surface area (Å²) in [4.78, 5) is 0. The second-order valence-corrected chi connectivity index (χ2v) is 3.84. The third-order valence-corrected chi connectivity index (χ3v) is 2.19. The quantitative estimate of drug-likeness (QED) is 0.323. The summed E-state index contributed by atoms with van der Waals surface area (Å²) in [7, 11) is 0. The van der Waals surface area contributed by atoms with Crippen LogP contribution in [0.4, 0.5) is 0 Å². The number of nitrogens with two attached hydrogens (primary N) is 2. The highest BCUT2D eigenvalue weighted by atomic mass is 79.9. The van der Waals surface area contributed by atoms with Crippen LogP contribution in [0.15, 0.2) is 27.8 Å². The number of nitrogens with zero attached hydrogens (tertiary/aromatic N) is 1. The summed E-state index contributed by atoms with van der Waals surface area (Å²) in [6, 6.07) is 5.07. The van der Waals surface area contributed by atoms with E-state index in [4.69, 9.17) is 11.5 Å². The number of hydrazone groups is 1. The molecule has 0 unspecified atom stereocenters. The first-order valence-electron chi connectivity index (χ1n) is 4.18. The molecule has 0 fully saturated rings. The second-order valence-electron chi connectivity index (χ2n) is 2.93. The smallest absolute Gasteiger partial charge is 0.362 e. The molecular formula is C9H12BrN4O+. The first-order chi connectivity index (χ1) is 7.00. The van der Waals surface area contributed by atoms with Crippen LogP contribution < -0.4 is 16.6 Å². The Morgan fingerprint density at radius 2 is 2.13 bits per heavy atom. The van der Waals surface area contributed by atoms with Crippen LogP contribution >= 0.6 is 15.9 Å². The highest BCUT2D eigenvalue weighted by molar-refractivity contribution is 9.10. The summed E-state index contributed by atoms with van der Waals surface area (Å²) in [5, 5.41) is 15.9. The van der Waals surface area contributed by atoms with Crippen molar-refractivity contribution in [1.82, 2.24) is 0 Å². The van der Waals surface area contributed by atoms with Gasteiger partial charge in [-0.2, -0.15) is 5.10 Å². The van der Waals surface area contributed by atoms with E-state index in [1.807, 2.05) is 0 Å². The molecule has 6 heteroatoms. The van der Waals surface area contributed by atoms with E-state index in [9.17, 15) is 5.11 Å². The fourth-order valence-electron chi connectivity index (χ4n) is 1.01. The first kappa shape index (κ1) is 11.5. The lowest BCUT2D eigenvalue weighted by molar-refractivity contribution is -0.464. The number of halogens is 1. The summed E-state index contributed by atoms with van der Waals surface area (Å²) >= 11 is 3.30. The van der Waals surface area contributed by atoms with E-state index < -0.39 is 0 Å². The molecule has 5 nitrogen and oxygen atoms in total. The molecule has 0 radical (unpaired) electrons. The van der Waals surface area contributed by atoms with E-state index in [0.717, 1.165) is 4.47 Å². The molecule has 0 saturated heterocycles. The van der Waals surface area contributed by atoms with Crippen molar-refractivity contribution < 1.29 is 10.2 Å². The number of phenols is 1. The Bertz CT molecular complexity index is 424. The molecule has 1 rings (SSSR count). The molecule has 1 aromatic rings. The van der Waals surface area contributed by atoms with Gasteiger partial charge in [0, 0.05) is 10.0 Å². The molecule has 0 aliphatic rings. The first-order valence-corrected chi connectivity index (χ1v) is 4.97. The molecule has 0 aromatic heterocycles. The average molecular weight is 272 g/mol. The molecule has 0 bridgehead atoms. The van der Waals surface area contributed by atoms with Gasteiger partial charge in [-0.25, -0.2) is 0 Å². The van der Waals surface area contributed by atoms with E-state index >= 15 is 0 Å². The predicted molar refractivity (Wildman–Crippen MR) is 62.4 cm³/mol. The van der Waals surface area contributed by atoms with Gasteiger partial charge in [0.25, 0.3) is 0 Å². The van der Waals surface area contributed by atoms with E-state index in [-0.39, 0.29) is 11.7 Å². The molecule has 6 N–H and O–H groups in total. The lowest BCUT2D eigenvalue weighted by atomic mass is 10.1. The number of guanidine groups is 1. The largest absolute Gasteiger partial charge is 0.507 e. The standard InChI is InChI=1S/C9H11BrN4O/c1-5(13-14-9(11)12)7-4-6(10)2-3-8(7)15/h2-4,15H,1H3,(H4,11,12,14)/p+1/b13-5+. The van der Waals surface area contributed by atoms with Gasteiger partial charge in [0.2, 0.25) is 0 Å². The lowest BCUT2D eigenvalue weighted by Crippen LogP contribution is -2.72. The van der Waals surface area contributed by atoms with Crippen molar-refractivity contribution in [2.45, 2.75) is 6.92 Å². The summed E-state index contributed by atoms with van der Waals surface area (Å²) in [5.41, 5.74) is 11.6. The number of nitrogens with one attached hydrogen (secondary N) is 1. The van der Waals surface area contributed by atoms with Crippen molar-refractivity contribution in [2.75, 3.05) is 0 Å². The summed E-state index contributed by atoms with van der Waals surface area (Å²) < 4.78 is 0.856. The number of phenolic OH excluding ortho intramolecular Hbond substituents is 1. The molecule has 1 aromatic carbocycles. The maximum Gasteiger partial charge on any atom is 0.362 e. The normalized spacial score (nSPS) is 11.2. The molecule has 80 valence electrons. The van der Waals surface area contributed by atoms with Crippen LogP contribution in [-0.4, -0.2) is 16.8 Å². The molecule has 15 heavy (non-hydrogen) atoms. The monoisotopic (exact) mass is 271 g/mol. The van der Waals surface area contributed by atoms with Gasteiger partial charge in [0.1, 0.15) is 5.75 Å². The minimum Gasteiger partial charge on any atom is -0.507 e.